The third-order valence-electron chi connectivity index (χ3n) is 4.79. The summed E-state index contributed by atoms with van der Waals surface area (Å²) in [7, 11) is 0. The summed E-state index contributed by atoms with van der Waals surface area (Å²) in [5.41, 5.74) is 0.426. The number of likely N-dealkylation sites (tertiary alicyclic amines) is 1. The van der Waals surface area contributed by atoms with Gasteiger partial charge in [0.1, 0.15) is 0 Å². The number of hydrogen-bond donors (Lipinski definition) is 0. The fourth-order valence-electron chi connectivity index (χ4n) is 3.59. The van der Waals surface area contributed by atoms with Gasteiger partial charge in [-0.3, -0.25) is 14.5 Å². The summed E-state index contributed by atoms with van der Waals surface area (Å²) >= 11 is 0. The highest BCUT2D eigenvalue weighted by Crippen LogP contribution is 2.48. The molecule has 3 heteroatoms. The first-order valence-electron chi connectivity index (χ1n) is 7.07. The molecule has 100 valence electrons. The molecule has 1 aromatic carbocycles. The SMILES string of the molecule is CC1CCCCC12CC(=O)N2C(=O)c1ccccc1. The minimum atomic E-state index is -0.192. The fraction of sp³-hybridized carbons (Fsp3) is 0.500. The van der Waals surface area contributed by atoms with Crippen LogP contribution in [-0.4, -0.2) is 22.3 Å². The fourth-order valence-corrected chi connectivity index (χ4v) is 3.59. The van der Waals surface area contributed by atoms with E-state index in [-0.39, 0.29) is 17.4 Å². The maximum absolute atomic E-state index is 12.6. The van der Waals surface area contributed by atoms with Gasteiger partial charge in [0.15, 0.2) is 0 Å². The van der Waals surface area contributed by atoms with Crippen molar-refractivity contribution in [1.82, 2.24) is 4.90 Å². The van der Waals surface area contributed by atoms with Gasteiger partial charge in [-0.1, -0.05) is 38.0 Å². The molecule has 1 heterocycles. The molecule has 1 aliphatic heterocycles. The van der Waals surface area contributed by atoms with Crippen LogP contribution in [-0.2, 0) is 4.79 Å². The molecular weight excluding hydrogens is 238 g/mol. The molecule has 2 atom stereocenters. The second-order valence-electron chi connectivity index (χ2n) is 5.83. The standard InChI is InChI=1S/C16H19NO2/c1-12-7-5-6-10-16(12)11-14(18)17(16)15(19)13-8-3-2-4-9-13/h2-4,8-9,12H,5-7,10-11H2,1H3. The molecule has 1 aliphatic carbocycles. The Hall–Kier alpha value is -1.64. The largest absolute Gasteiger partial charge is 0.274 e. The molecule has 2 fully saturated rings. The summed E-state index contributed by atoms with van der Waals surface area (Å²) < 4.78 is 0. The van der Waals surface area contributed by atoms with E-state index in [1.54, 1.807) is 17.0 Å². The number of imide groups is 1. The van der Waals surface area contributed by atoms with E-state index in [0.29, 0.717) is 17.9 Å². The lowest BCUT2D eigenvalue weighted by Crippen LogP contribution is -2.69. The second kappa shape index (κ2) is 4.48. The first-order valence-corrected chi connectivity index (χ1v) is 7.07. The van der Waals surface area contributed by atoms with Crippen LogP contribution in [0.1, 0.15) is 49.4 Å². The van der Waals surface area contributed by atoms with Gasteiger partial charge in [0.2, 0.25) is 5.91 Å². The number of amides is 2. The van der Waals surface area contributed by atoms with Crippen molar-refractivity contribution < 1.29 is 9.59 Å². The number of carbonyl (C=O) groups excluding carboxylic acids is 2. The Bertz CT molecular complexity index is 511. The predicted octanol–water partition coefficient (Wildman–Crippen LogP) is 3.01. The Morgan fingerprint density at radius 1 is 1.26 bits per heavy atom. The van der Waals surface area contributed by atoms with Gasteiger partial charge in [-0.2, -0.15) is 0 Å². The van der Waals surface area contributed by atoms with E-state index in [0.717, 1.165) is 19.3 Å². The molecule has 2 aliphatic rings. The number of carbonyl (C=O) groups is 2. The number of benzene rings is 1. The van der Waals surface area contributed by atoms with Crippen LogP contribution in [0.3, 0.4) is 0 Å². The van der Waals surface area contributed by atoms with E-state index in [4.69, 9.17) is 0 Å². The molecule has 1 spiro atoms. The smallest absolute Gasteiger partial charge is 0.261 e. The number of hydrogen-bond acceptors (Lipinski definition) is 2. The molecule has 1 saturated carbocycles. The predicted molar refractivity (Wildman–Crippen MR) is 72.6 cm³/mol. The van der Waals surface area contributed by atoms with Gasteiger partial charge >= 0.3 is 0 Å². The zero-order chi connectivity index (χ0) is 13.5. The molecule has 1 saturated heterocycles. The zero-order valence-electron chi connectivity index (χ0n) is 11.3. The summed E-state index contributed by atoms with van der Waals surface area (Å²) in [5.74, 6) is 0.291. The van der Waals surface area contributed by atoms with Gasteiger partial charge in [0.05, 0.1) is 12.0 Å². The van der Waals surface area contributed by atoms with Crippen molar-refractivity contribution >= 4 is 11.8 Å². The van der Waals surface area contributed by atoms with Crippen molar-refractivity contribution in [3.8, 4) is 0 Å². The first-order chi connectivity index (χ1) is 9.15. The third kappa shape index (κ3) is 1.79. The topological polar surface area (TPSA) is 37.4 Å². The van der Waals surface area contributed by atoms with Crippen molar-refractivity contribution in [2.75, 3.05) is 0 Å². The molecule has 2 unspecified atom stereocenters. The van der Waals surface area contributed by atoms with Gasteiger partial charge < -0.3 is 0 Å². The number of nitrogens with zero attached hydrogens (tertiary/aromatic N) is 1. The molecule has 1 aromatic rings. The Kier molecular flexibility index (Phi) is 2.92. The van der Waals surface area contributed by atoms with Crippen molar-refractivity contribution in [2.45, 2.75) is 44.6 Å². The Morgan fingerprint density at radius 3 is 2.63 bits per heavy atom. The van der Waals surface area contributed by atoms with Gasteiger partial charge in [0.25, 0.3) is 5.91 Å². The van der Waals surface area contributed by atoms with E-state index >= 15 is 0 Å². The molecule has 0 bridgehead atoms. The van der Waals surface area contributed by atoms with Gasteiger partial charge in [-0.05, 0) is 30.9 Å². The molecule has 0 N–H and O–H groups in total. The molecule has 2 amide bonds. The average molecular weight is 257 g/mol. The quantitative estimate of drug-likeness (QED) is 0.573. The van der Waals surface area contributed by atoms with Gasteiger partial charge in [0, 0.05) is 5.56 Å². The van der Waals surface area contributed by atoms with Crippen molar-refractivity contribution in [1.29, 1.82) is 0 Å². The number of rotatable bonds is 1. The van der Waals surface area contributed by atoms with Crippen molar-refractivity contribution in [3.05, 3.63) is 35.9 Å². The second-order valence-corrected chi connectivity index (χ2v) is 5.83. The first kappa shape index (κ1) is 12.4. The highest BCUT2D eigenvalue weighted by Gasteiger charge is 2.57. The summed E-state index contributed by atoms with van der Waals surface area (Å²) in [5, 5.41) is 0. The van der Waals surface area contributed by atoms with Crippen LogP contribution in [0.5, 0.6) is 0 Å². The zero-order valence-corrected chi connectivity index (χ0v) is 11.3. The lowest BCUT2D eigenvalue weighted by atomic mass is 9.65. The lowest BCUT2D eigenvalue weighted by Gasteiger charge is -2.56. The van der Waals surface area contributed by atoms with E-state index in [9.17, 15) is 9.59 Å². The van der Waals surface area contributed by atoms with Crippen molar-refractivity contribution in [2.24, 2.45) is 5.92 Å². The number of β-lactam (4-membered cyclic amide) rings is 1. The van der Waals surface area contributed by atoms with E-state index in [1.807, 2.05) is 18.2 Å². The monoisotopic (exact) mass is 257 g/mol. The van der Waals surface area contributed by atoms with Gasteiger partial charge in [-0.15, -0.1) is 0 Å². The van der Waals surface area contributed by atoms with E-state index < -0.39 is 0 Å². The molecular formula is C16H19NO2. The van der Waals surface area contributed by atoms with Crippen LogP contribution in [0.2, 0.25) is 0 Å². The molecule has 0 radical (unpaired) electrons. The molecule has 0 aromatic heterocycles. The van der Waals surface area contributed by atoms with Crippen LogP contribution in [0.15, 0.2) is 30.3 Å². The highest BCUT2D eigenvalue weighted by molar-refractivity contribution is 6.09. The third-order valence-corrected chi connectivity index (χ3v) is 4.79. The van der Waals surface area contributed by atoms with E-state index in [1.165, 1.54) is 6.42 Å². The molecule has 3 nitrogen and oxygen atoms in total. The van der Waals surface area contributed by atoms with E-state index in [2.05, 4.69) is 6.92 Å². The molecule has 3 rings (SSSR count). The maximum atomic E-state index is 12.6. The highest BCUT2D eigenvalue weighted by atomic mass is 16.2. The minimum absolute atomic E-state index is 0.0115. The van der Waals surface area contributed by atoms with Crippen LogP contribution in [0.25, 0.3) is 0 Å². The van der Waals surface area contributed by atoms with Crippen LogP contribution in [0, 0.1) is 5.92 Å². The Labute approximate surface area is 113 Å². The Morgan fingerprint density at radius 2 is 2.00 bits per heavy atom. The average Bonchev–Trinajstić information content (AvgIpc) is 2.42. The summed E-state index contributed by atoms with van der Waals surface area (Å²) in [6.45, 7) is 2.18. The summed E-state index contributed by atoms with van der Waals surface area (Å²) in [6, 6.07) is 9.14. The lowest BCUT2D eigenvalue weighted by molar-refractivity contribution is -0.158. The molecule has 19 heavy (non-hydrogen) atoms. The van der Waals surface area contributed by atoms with Crippen LogP contribution in [0.4, 0.5) is 0 Å². The minimum Gasteiger partial charge on any atom is -0.274 e. The Balaban J connectivity index is 1.90. The summed E-state index contributed by atoms with van der Waals surface area (Å²) in [4.78, 5) is 26.1. The summed E-state index contributed by atoms with van der Waals surface area (Å²) in [6.07, 6.45) is 4.97. The normalized spacial score (nSPS) is 30.3. The van der Waals surface area contributed by atoms with Gasteiger partial charge in [-0.25, -0.2) is 0 Å². The van der Waals surface area contributed by atoms with Crippen molar-refractivity contribution in [3.63, 3.8) is 0 Å². The van der Waals surface area contributed by atoms with Crippen LogP contribution < -0.4 is 0 Å². The maximum Gasteiger partial charge on any atom is 0.261 e. The van der Waals surface area contributed by atoms with Crippen LogP contribution >= 0.6 is 0 Å².